The van der Waals surface area contributed by atoms with Crippen molar-refractivity contribution in [3.8, 4) is 0 Å². The summed E-state index contributed by atoms with van der Waals surface area (Å²) in [6.45, 7) is 10.8. The van der Waals surface area contributed by atoms with Gasteiger partial charge in [0, 0.05) is 11.3 Å². The maximum atomic E-state index is 13.9. The maximum absolute atomic E-state index is 13.9. The Hall–Kier alpha value is -0.900. The number of carbonyl (C=O) groups is 2. The summed E-state index contributed by atoms with van der Waals surface area (Å²) in [5, 5.41) is 20.0. The summed E-state index contributed by atoms with van der Waals surface area (Å²) in [6, 6.07) is 0. The summed E-state index contributed by atoms with van der Waals surface area (Å²) >= 11 is 0. The van der Waals surface area contributed by atoms with Crippen LogP contribution in [0.2, 0.25) is 0 Å². The smallest absolute Gasteiger partial charge is 0.306 e. The highest BCUT2D eigenvalue weighted by atomic mass is 16.4. The molecule has 4 aliphatic carbocycles. The fourth-order valence-electron chi connectivity index (χ4n) is 8.75. The van der Waals surface area contributed by atoms with Gasteiger partial charge in [0.1, 0.15) is 5.78 Å². The zero-order valence-electron chi connectivity index (χ0n) is 18.2. The average Bonchev–Trinajstić information content (AvgIpc) is 2.97. The third-order valence-electron chi connectivity index (χ3n) is 10.3. The molecule has 28 heavy (non-hydrogen) atoms. The van der Waals surface area contributed by atoms with E-state index in [-0.39, 0.29) is 40.6 Å². The Bertz CT molecular complexity index is 684. The van der Waals surface area contributed by atoms with Gasteiger partial charge in [-0.2, -0.15) is 0 Å². The van der Waals surface area contributed by atoms with Crippen LogP contribution in [0.5, 0.6) is 0 Å². The molecule has 4 saturated carbocycles. The summed E-state index contributed by atoms with van der Waals surface area (Å²) in [5.74, 6) is 0.549. The Morgan fingerprint density at radius 1 is 1.00 bits per heavy atom. The van der Waals surface area contributed by atoms with Crippen molar-refractivity contribution in [2.24, 2.45) is 51.8 Å². The number of aliphatic hydroxyl groups is 1. The lowest BCUT2D eigenvalue weighted by Crippen LogP contribution is -2.63. The molecule has 2 N–H and O–H groups in total. The Balaban J connectivity index is 1.73. The normalized spacial score (nSPS) is 51.0. The fraction of sp³-hybridized carbons (Fsp3) is 0.917. The molecule has 0 radical (unpaired) electrons. The van der Waals surface area contributed by atoms with E-state index < -0.39 is 11.4 Å². The van der Waals surface area contributed by atoms with E-state index in [0.717, 1.165) is 44.9 Å². The molecule has 158 valence electrons. The lowest BCUT2D eigenvalue weighted by atomic mass is 9.39. The molecule has 0 aromatic heterocycles. The first kappa shape index (κ1) is 20.4. The number of Topliss-reactive ketones (excluding diaryl/α,β-unsaturated/α-hetero) is 1. The predicted octanol–water partition coefficient (Wildman–Crippen LogP) is 4.54. The number of carboxylic acid groups (broad SMARTS) is 1. The monoisotopic (exact) mass is 390 g/mol. The topological polar surface area (TPSA) is 74.6 Å². The van der Waals surface area contributed by atoms with Crippen molar-refractivity contribution in [1.29, 1.82) is 0 Å². The SMILES string of the molecule is C[C@H](C(=O)O)C1CC[C@H]2[C@@H]3C(=O)C(C)(C)[C@@H]4C[C@H](O)CC[C@]4(C)[C@H]3CC[C@]12C. The number of rotatable bonds is 2. The molecule has 4 heteroatoms. The second kappa shape index (κ2) is 6.30. The van der Waals surface area contributed by atoms with Crippen molar-refractivity contribution in [3.63, 3.8) is 0 Å². The molecule has 0 aliphatic heterocycles. The van der Waals surface area contributed by atoms with Gasteiger partial charge in [0.25, 0.3) is 0 Å². The number of fused-ring (bicyclic) bond motifs is 5. The third-order valence-corrected chi connectivity index (χ3v) is 10.3. The van der Waals surface area contributed by atoms with E-state index in [1.807, 2.05) is 6.92 Å². The molecule has 9 atom stereocenters. The van der Waals surface area contributed by atoms with Crippen LogP contribution in [0.15, 0.2) is 0 Å². The minimum atomic E-state index is -0.697. The number of hydrogen-bond acceptors (Lipinski definition) is 3. The van der Waals surface area contributed by atoms with Crippen LogP contribution in [0.1, 0.15) is 79.6 Å². The molecule has 4 fully saturated rings. The Morgan fingerprint density at radius 3 is 2.25 bits per heavy atom. The second-order valence-electron chi connectivity index (χ2n) is 11.7. The van der Waals surface area contributed by atoms with Gasteiger partial charge in [0.05, 0.1) is 12.0 Å². The first-order valence-corrected chi connectivity index (χ1v) is 11.4. The van der Waals surface area contributed by atoms with Gasteiger partial charge in [-0.05, 0) is 79.4 Å². The molecule has 0 aromatic rings. The molecule has 0 heterocycles. The van der Waals surface area contributed by atoms with Crippen LogP contribution in [0, 0.1) is 51.8 Å². The fourth-order valence-corrected chi connectivity index (χ4v) is 8.75. The van der Waals surface area contributed by atoms with Gasteiger partial charge in [-0.3, -0.25) is 9.59 Å². The van der Waals surface area contributed by atoms with Gasteiger partial charge in [-0.25, -0.2) is 0 Å². The summed E-state index contributed by atoms with van der Waals surface area (Å²) < 4.78 is 0. The highest BCUT2D eigenvalue weighted by Gasteiger charge is 2.67. The van der Waals surface area contributed by atoms with Crippen molar-refractivity contribution in [2.45, 2.75) is 85.7 Å². The van der Waals surface area contributed by atoms with Gasteiger partial charge in [0.2, 0.25) is 0 Å². The van der Waals surface area contributed by atoms with Crippen LogP contribution in [-0.4, -0.2) is 28.1 Å². The van der Waals surface area contributed by atoms with Gasteiger partial charge < -0.3 is 10.2 Å². The molecule has 0 amide bonds. The van der Waals surface area contributed by atoms with Crippen LogP contribution in [0.25, 0.3) is 0 Å². The molecule has 0 aromatic carbocycles. The highest BCUT2D eigenvalue weighted by molar-refractivity contribution is 5.89. The van der Waals surface area contributed by atoms with E-state index in [1.165, 1.54) is 0 Å². The lowest BCUT2D eigenvalue weighted by molar-refractivity contribution is -0.186. The molecule has 4 rings (SSSR count). The van der Waals surface area contributed by atoms with Gasteiger partial charge in [-0.15, -0.1) is 0 Å². The molecule has 4 aliphatic rings. The minimum absolute atomic E-state index is 0.0396. The third kappa shape index (κ3) is 2.52. The number of ketones is 1. The molecule has 0 bridgehead atoms. The standard InChI is InChI=1S/C24H38O4/c1-13(21(27)28)15-6-7-16-19-17(9-11-23(15,16)4)24(5)10-8-14(25)12-18(24)22(2,3)20(19)26/h13-19,25H,6-12H2,1-5H3,(H,27,28)/t13-,14+,15?,16-,17-,18-,19-,23+,24+/m0/s1. The Morgan fingerprint density at radius 2 is 1.61 bits per heavy atom. The molecular weight excluding hydrogens is 352 g/mol. The second-order valence-corrected chi connectivity index (χ2v) is 11.7. The van der Waals surface area contributed by atoms with E-state index in [4.69, 9.17) is 0 Å². The van der Waals surface area contributed by atoms with Crippen LogP contribution in [-0.2, 0) is 9.59 Å². The predicted molar refractivity (Wildman–Crippen MR) is 108 cm³/mol. The van der Waals surface area contributed by atoms with Crippen molar-refractivity contribution >= 4 is 11.8 Å². The van der Waals surface area contributed by atoms with Crippen LogP contribution >= 0.6 is 0 Å². The van der Waals surface area contributed by atoms with Crippen molar-refractivity contribution < 1.29 is 19.8 Å². The summed E-state index contributed by atoms with van der Waals surface area (Å²) in [4.78, 5) is 25.6. The van der Waals surface area contributed by atoms with E-state index in [9.17, 15) is 19.8 Å². The number of carboxylic acids is 1. The van der Waals surface area contributed by atoms with Crippen molar-refractivity contribution in [2.75, 3.05) is 0 Å². The van der Waals surface area contributed by atoms with Crippen LogP contribution < -0.4 is 0 Å². The Kier molecular flexibility index (Phi) is 4.58. The number of aliphatic carboxylic acids is 1. The summed E-state index contributed by atoms with van der Waals surface area (Å²) in [7, 11) is 0. The maximum Gasteiger partial charge on any atom is 0.306 e. The minimum Gasteiger partial charge on any atom is -0.481 e. The molecule has 0 saturated heterocycles. The van der Waals surface area contributed by atoms with Gasteiger partial charge in [0.15, 0.2) is 0 Å². The highest BCUT2D eigenvalue weighted by Crippen LogP contribution is 2.70. The van der Waals surface area contributed by atoms with E-state index in [2.05, 4.69) is 27.7 Å². The number of aliphatic hydroxyl groups excluding tert-OH is 1. The van der Waals surface area contributed by atoms with Crippen LogP contribution in [0.3, 0.4) is 0 Å². The summed E-state index contributed by atoms with van der Waals surface area (Å²) in [6.07, 6.45) is 6.33. The zero-order chi connectivity index (χ0) is 20.6. The van der Waals surface area contributed by atoms with Gasteiger partial charge >= 0.3 is 5.97 Å². The van der Waals surface area contributed by atoms with Crippen LogP contribution in [0.4, 0.5) is 0 Å². The summed E-state index contributed by atoms with van der Waals surface area (Å²) in [5.41, 5.74) is -0.340. The average molecular weight is 391 g/mol. The van der Waals surface area contributed by atoms with Gasteiger partial charge in [-0.1, -0.05) is 34.6 Å². The number of carbonyl (C=O) groups excluding carboxylic acids is 1. The van der Waals surface area contributed by atoms with E-state index in [1.54, 1.807) is 0 Å². The van der Waals surface area contributed by atoms with E-state index in [0.29, 0.717) is 17.6 Å². The first-order chi connectivity index (χ1) is 12.9. The Labute approximate surface area is 169 Å². The zero-order valence-corrected chi connectivity index (χ0v) is 18.2. The van der Waals surface area contributed by atoms with Crippen molar-refractivity contribution in [3.05, 3.63) is 0 Å². The number of hydrogen-bond donors (Lipinski definition) is 2. The van der Waals surface area contributed by atoms with E-state index >= 15 is 0 Å². The molecule has 1 unspecified atom stereocenters. The quantitative estimate of drug-likeness (QED) is 0.726. The van der Waals surface area contributed by atoms with Crippen molar-refractivity contribution in [1.82, 2.24) is 0 Å². The molecule has 0 spiro atoms. The first-order valence-electron chi connectivity index (χ1n) is 11.4. The largest absolute Gasteiger partial charge is 0.481 e. The molecular formula is C24H38O4. The lowest BCUT2D eigenvalue weighted by Gasteiger charge is -2.64. The molecule has 4 nitrogen and oxygen atoms in total.